The number of amides is 1. The van der Waals surface area contributed by atoms with Crippen LogP contribution >= 0.6 is 0 Å². The summed E-state index contributed by atoms with van der Waals surface area (Å²) >= 11 is 0. The van der Waals surface area contributed by atoms with E-state index in [1.807, 2.05) is 0 Å². The molecule has 0 radical (unpaired) electrons. The molecule has 2 N–H and O–H groups in total. The highest BCUT2D eigenvalue weighted by molar-refractivity contribution is 5.94. The quantitative estimate of drug-likeness (QED) is 0.898. The number of benzene rings is 1. The first kappa shape index (κ1) is 13.6. The monoisotopic (exact) mass is 293 g/mol. The molecule has 3 rings (SSSR count). The Morgan fingerprint density at radius 3 is 2.76 bits per heavy atom. The molecule has 1 amide bonds. The van der Waals surface area contributed by atoms with Crippen molar-refractivity contribution in [2.45, 2.75) is 25.8 Å². The molecule has 0 bridgehead atoms. The lowest BCUT2D eigenvalue weighted by Gasteiger charge is -2.15. The minimum absolute atomic E-state index is 0.154. The molecule has 2 aromatic rings. The van der Waals surface area contributed by atoms with E-state index in [-0.39, 0.29) is 17.0 Å². The molecule has 0 spiro atoms. The Kier molecular flexibility index (Phi) is 3.36. The summed E-state index contributed by atoms with van der Waals surface area (Å²) in [4.78, 5) is 12.2. The van der Waals surface area contributed by atoms with E-state index in [2.05, 4.69) is 25.9 Å². The predicted molar refractivity (Wildman–Crippen MR) is 68.2 cm³/mol. The summed E-state index contributed by atoms with van der Waals surface area (Å²) in [6.45, 7) is 1.44. The van der Waals surface area contributed by atoms with E-state index in [1.165, 1.54) is 6.92 Å². The van der Waals surface area contributed by atoms with E-state index in [0.29, 0.717) is 5.82 Å². The van der Waals surface area contributed by atoms with Gasteiger partial charge in [-0.2, -0.15) is 5.21 Å². The van der Waals surface area contributed by atoms with Crippen molar-refractivity contribution in [2.24, 2.45) is 5.92 Å². The van der Waals surface area contributed by atoms with Crippen LogP contribution in [-0.4, -0.2) is 26.5 Å². The molecule has 1 fully saturated rings. The minimum Gasteiger partial charge on any atom is -0.341 e. The fourth-order valence-corrected chi connectivity index (χ4v) is 2.16. The van der Waals surface area contributed by atoms with Crippen LogP contribution in [0.2, 0.25) is 0 Å². The summed E-state index contributed by atoms with van der Waals surface area (Å²) < 4.78 is 27.3. The van der Waals surface area contributed by atoms with Crippen LogP contribution in [0.1, 0.15) is 40.6 Å². The molecule has 0 saturated heterocycles. The second-order valence-corrected chi connectivity index (χ2v) is 5.14. The van der Waals surface area contributed by atoms with Gasteiger partial charge >= 0.3 is 0 Å². The van der Waals surface area contributed by atoms with E-state index in [4.69, 9.17) is 0 Å². The summed E-state index contributed by atoms with van der Waals surface area (Å²) in [5.74, 6) is -1.52. The van der Waals surface area contributed by atoms with Crippen LogP contribution in [0.5, 0.6) is 0 Å². The third-order valence-electron chi connectivity index (χ3n) is 3.51. The van der Waals surface area contributed by atoms with Crippen molar-refractivity contribution in [1.29, 1.82) is 0 Å². The number of H-pyrrole nitrogens is 1. The lowest BCUT2D eigenvalue weighted by Crippen LogP contribution is -2.31. The maximum absolute atomic E-state index is 13.8. The number of hydrogen-bond acceptors (Lipinski definition) is 4. The first-order chi connectivity index (χ1) is 10.1. The van der Waals surface area contributed by atoms with Crippen LogP contribution in [0.15, 0.2) is 12.1 Å². The van der Waals surface area contributed by atoms with Crippen LogP contribution in [0.3, 0.4) is 0 Å². The maximum atomic E-state index is 13.8. The molecule has 1 heterocycles. The van der Waals surface area contributed by atoms with Gasteiger partial charge in [0.2, 0.25) is 0 Å². The lowest BCUT2D eigenvalue weighted by molar-refractivity contribution is 0.0925. The number of carbonyl (C=O) groups excluding carboxylic acids is 1. The molecule has 6 nitrogen and oxygen atoms in total. The van der Waals surface area contributed by atoms with Gasteiger partial charge in [0, 0.05) is 0 Å². The van der Waals surface area contributed by atoms with Crippen LogP contribution in [0.4, 0.5) is 8.78 Å². The van der Waals surface area contributed by atoms with Crippen LogP contribution < -0.4 is 5.32 Å². The van der Waals surface area contributed by atoms with E-state index < -0.39 is 23.6 Å². The minimum atomic E-state index is -0.756. The molecule has 8 heteroatoms. The molecule has 1 saturated carbocycles. The van der Waals surface area contributed by atoms with Crippen molar-refractivity contribution >= 4 is 5.91 Å². The van der Waals surface area contributed by atoms with Gasteiger partial charge in [-0.05, 0) is 43.4 Å². The fourth-order valence-electron chi connectivity index (χ4n) is 2.16. The van der Waals surface area contributed by atoms with Gasteiger partial charge in [-0.3, -0.25) is 4.79 Å². The first-order valence-corrected chi connectivity index (χ1v) is 6.56. The zero-order valence-electron chi connectivity index (χ0n) is 11.2. The van der Waals surface area contributed by atoms with E-state index >= 15 is 0 Å². The van der Waals surface area contributed by atoms with Crippen molar-refractivity contribution in [1.82, 2.24) is 25.9 Å². The molecule has 1 aliphatic rings. The highest BCUT2D eigenvalue weighted by atomic mass is 19.1. The van der Waals surface area contributed by atoms with Crippen LogP contribution in [-0.2, 0) is 0 Å². The molecular formula is C13H13F2N5O. The molecule has 110 valence electrons. The normalized spacial score (nSPS) is 15.8. The number of rotatable bonds is 4. The number of nitrogens with zero attached hydrogens (tertiary/aromatic N) is 3. The average molecular weight is 293 g/mol. The number of carbonyl (C=O) groups is 1. The highest BCUT2D eigenvalue weighted by Crippen LogP contribution is 2.39. The molecule has 1 aliphatic carbocycles. The van der Waals surface area contributed by atoms with Gasteiger partial charge in [0.05, 0.1) is 11.6 Å². The van der Waals surface area contributed by atoms with Gasteiger partial charge in [0.25, 0.3) is 5.91 Å². The third kappa shape index (κ3) is 2.74. The number of aryl methyl sites for hydroxylation is 1. The first-order valence-electron chi connectivity index (χ1n) is 6.56. The lowest BCUT2D eigenvalue weighted by atomic mass is 10.1. The molecule has 1 aromatic carbocycles. The van der Waals surface area contributed by atoms with Gasteiger partial charge in [0.15, 0.2) is 5.82 Å². The SMILES string of the molecule is Cc1cc(F)c(C(=O)NC(c2nn[nH]n2)C2CC2)cc1F. The Hall–Kier alpha value is -2.38. The number of nitrogens with one attached hydrogen (secondary N) is 2. The van der Waals surface area contributed by atoms with Gasteiger partial charge in [-0.15, -0.1) is 10.2 Å². The predicted octanol–water partition coefficient (Wildman–Crippen LogP) is 1.67. The third-order valence-corrected chi connectivity index (χ3v) is 3.51. The second kappa shape index (κ2) is 5.19. The molecule has 0 aliphatic heterocycles. The Morgan fingerprint density at radius 1 is 1.38 bits per heavy atom. The van der Waals surface area contributed by atoms with Crippen molar-refractivity contribution < 1.29 is 13.6 Å². The summed E-state index contributed by atoms with van der Waals surface area (Å²) in [5, 5.41) is 16.1. The summed E-state index contributed by atoms with van der Waals surface area (Å²) in [5.41, 5.74) is -0.173. The van der Waals surface area contributed by atoms with E-state index in [0.717, 1.165) is 25.0 Å². The molecule has 1 unspecified atom stereocenters. The second-order valence-electron chi connectivity index (χ2n) is 5.14. The number of tetrazole rings is 1. The maximum Gasteiger partial charge on any atom is 0.254 e. The van der Waals surface area contributed by atoms with Crippen molar-refractivity contribution in [2.75, 3.05) is 0 Å². The van der Waals surface area contributed by atoms with Crippen molar-refractivity contribution in [3.63, 3.8) is 0 Å². The Morgan fingerprint density at radius 2 is 2.14 bits per heavy atom. The summed E-state index contributed by atoms with van der Waals surface area (Å²) in [6.07, 6.45) is 1.84. The molecule has 1 atom stereocenters. The van der Waals surface area contributed by atoms with Gasteiger partial charge in [-0.25, -0.2) is 8.78 Å². The smallest absolute Gasteiger partial charge is 0.254 e. The van der Waals surface area contributed by atoms with Crippen LogP contribution in [0.25, 0.3) is 0 Å². The zero-order valence-corrected chi connectivity index (χ0v) is 11.2. The Balaban J connectivity index is 1.83. The summed E-state index contributed by atoms with van der Waals surface area (Å²) in [6, 6.07) is 1.46. The number of aromatic nitrogens is 4. The van der Waals surface area contributed by atoms with Gasteiger partial charge < -0.3 is 5.32 Å². The standard InChI is InChI=1S/C13H13F2N5O/c1-6-4-10(15)8(5-9(6)14)13(21)16-11(7-2-3-7)12-17-19-20-18-12/h4-5,7,11H,2-3H2,1H3,(H,16,21)(H,17,18,19,20). The fraction of sp³-hybridized carbons (Fsp3) is 0.385. The number of halogens is 2. The highest BCUT2D eigenvalue weighted by Gasteiger charge is 2.36. The number of hydrogen-bond donors (Lipinski definition) is 2. The molecule has 1 aromatic heterocycles. The topological polar surface area (TPSA) is 83.6 Å². The van der Waals surface area contributed by atoms with Gasteiger partial charge in [0.1, 0.15) is 11.6 Å². The zero-order chi connectivity index (χ0) is 15.0. The van der Waals surface area contributed by atoms with E-state index in [9.17, 15) is 13.6 Å². The van der Waals surface area contributed by atoms with Gasteiger partial charge in [-0.1, -0.05) is 5.21 Å². The molecular weight excluding hydrogens is 280 g/mol. The Labute approximate surface area is 118 Å². The average Bonchev–Trinajstić information content (AvgIpc) is 3.14. The van der Waals surface area contributed by atoms with Crippen molar-refractivity contribution in [3.8, 4) is 0 Å². The van der Waals surface area contributed by atoms with Crippen LogP contribution in [0, 0.1) is 24.5 Å². The number of aromatic amines is 1. The van der Waals surface area contributed by atoms with Crippen molar-refractivity contribution in [3.05, 3.63) is 40.7 Å². The Bertz CT molecular complexity index is 669. The van der Waals surface area contributed by atoms with E-state index in [1.54, 1.807) is 0 Å². The summed E-state index contributed by atoms with van der Waals surface area (Å²) in [7, 11) is 0. The molecule has 21 heavy (non-hydrogen) atoms. The largest absolute Gasteiger partial charge is 0.341 e.